The number of aliphatic hydroxyl groups excluding tert-OH is 3. The fourth-order valence-electron chi connectivity index (χ4n) is 14.8. The molecule has 0 fully saturated rings. The van der Waals surface area contributed by atoms with E-state index < -0.39 is 107 Å². The topological polar surface area (TPSA) is 435 Å². The molecule has 744 valence electrons. The van der Waals surface area contributed by atoms with Gasteiger partial charge >= 0.3 is 0 Å². The molecule has 0 heterocycles. The predicted molar refractivity (Wildman–Crippen MR) is 505 cm³/mol. The molecule has 0 radical (unpaired) electrons. The van der Waals surface area contributed by atoms with Gasteiger partial charge in [-0.1, -0.05) is 110 Å². The zero-order chi connectivity index (χ0) is 101. The second kappa shape index (κ2) is 59.2. The van der Waals surface area contributed by atoms with Crippen molar-refractivity contribution in [2.24, 2.45) is 35.0 Å². The first kappa shape index (κ1) is 116. The molecule has 12 amide bonds. The van der Waals surface area contributed by atoms with Gasteiger partial charge in [-0.2, -0.15) is 0 Å². The fraction of sp³-hybridized carbons (Fsp3) is 0.515. The standard InChI is InChI=1S/C34H49F2N5O5.C33H47F2N5O5.C32H45F2N5O5/c1-6-9-12-41(39-31(43)13-22(4)5)21-30(42)29(16-23-14-27(35)20-28(36)15-23)38-33(45)25-17-24(32(37)44)18-26(19-25)34(46)40(10-7-2)11-8-3;1-6-9-39(10-7-2)33(45)25-17-23(31(36)43)16-24(18-25)32(44)37-28(15-22-13-26(34)19-27(35)14-22)29(41)20-40(11-8-3)38-30(42)12-21(4)5;1-6-9-38(10-7-2)32(44)24-16-22(30(35)42)15-23(17-24)31(43)36-27(14-21-12-25(33)18-26(34)13-21)28(40)19-39(8-3)37-29(41)11-20(4)5/h14-15,17-20,22,29-30,42H,6-13,16,21H2,1-5H3,(H2,37,44)(H,38,45)(H,39,43);13-14,16-19,21,28-29,41H,6-12,15,20H2,1-5H3,(H2,36,43)(H,37,44)(H,38,42);12-13,15-18,20,27-28,40H,6-11,14,19H2,1-5H3,(H2,35,42)(H,36,43)(H,37,41). The summed E-state index contributed by atoms with van der Waals surface area (Å²) in [4.78, 5) is 160. The summed E-state index contributed by atoms with van der Waals surface area (Å²) in [5.74, 6) is -11.1. The Kier molecular flexibility index (Phi) is 50.7. The number of benzene rings is 6. The van der Waals surface area contributed by atoms with E-state index in [4.69, 9.17) is 17.2 Å². The zero-order valence-electron chi connectivity index (χ0n) is 80.6. The van der Waals surface area contributed by atoms with Crippen LogP contribution in [-0.4, -0.2) is 231 Å². The molecule has 6 atom stereocenters. The molecule has 0 spiro atoms. The van der Waals surface area contributed by atoms with Crippen LogP contribution in [0.25, 0.3) is 0 Å². The molecule has 0 bridgehead atoms. The molecule has 135 heavy (non-hydrogen) atoms. The second-order valence-electron chi connectivity index (χ2n) is 34.9. The molecule has 36 heteroatoms. The number of nitrogens with one attached hydrogen (secondary N) is 6. The van der Waals surface area contributed by atoms with Crippen molar-refractivity contribution >= 4 is 70.9 Å². The highest BCUT2D eigenvalue weighted by Crippen LogP contribution is 2.24. The number of nitrogens with zero attached hydrogens (tertiary/aromatic N) is 6. The molecule has 0 aliphatic heterocycles. The Bertz CT molecular complexity index is 4830. The van der Waals surface area contributed by atoms with Gasteiger partial charge in [-0.15, -0.1) is 0 Å². The molecular formula is C99H141F6N15O15. The molecular weight excluding hydrogens is 1750 g/mol. The smallest absolute Gasteiger partial charge is 0.253 e. The molecule has 0 saturated heterocycles. The predicted octanol–water partition coefficient (Wildman–Crippen LogP) is 11.5. The van der Waals surface area contributed by atoms with E-state index in [1.165, 1.54) is 59.6 Å². The Labute approximate surface area is 789 Å². The summed E-state index contributed by atoms with van der Waals surface area (Å²) in [6.45, 7) is 32.4. The number of rotatable bonds is 54. The van der Waals surface area contributed by atoms with Crippen LogP contribution >= 0.6 is 0 Å². The molecule has 0 saturated carbocycles. The Morgan fingerprint density at radius 1 is 0.296 bits per heavy atom. The van der Waals surface area contributed by atoms with Crippen molar-refractivity contribution in [3.05, 3.63) is 211 Å². The van der Waals surface area contributed by atoms with Gasteiger partial charge in [-0.05, 0) is 196 Å². The third-order valence-electron chi connectivity index (χ3n) is 21.0. The van der Waals surface area contributed by atoms with Crippen molar-refractivity contribution in [2.75, 3.05) is 78.5 Å². The van der Waals surface area contributed by atoms with Gasteiger partial charge in [0.05, 0.1) is 36.4 Å². The van der Waals surface area contributed by atoms with Crippen molar-refractivity contribution in [2.45, 2.75) is 237 Å². The third kappa shape index (κ3) is 41.2. The minimum absolute atomic E-state index is 0.0492. The van der Waals surface area contributed by atoms with Gasteiger partial charge in [0.15, 0.2) is 0 Å². The van der Waals surface area contributed by atoms with E-state index in [0.717, 1.165) is 55.0 Å². The van der Waals surface area contributed by atoms with Crippen LogP contribution in [0.15, 0.2) is 109 Å². The number of hydrogen-bond acceptors (Lipinski definition) is 18. The SMILES string of the molecule is CCCCN(CC(O)C(Cc1cc(F)cc(F)c1)NC(=O)c1cc(C(N)=O)cc(C(=O)N(CCC)CCC)c1)NC(=O)CC(C)C.CCCN(CC(O)C(Cc1cc(F)cc(F)c1)NC(=O)c1cc(C(N)=O)cc(C(=O)N(CCC)CCC)c1)NC(=O)CC(C)C.CCCN(CCC)C(=O)c1cc(C(N)=O)cc(C(=O)NC(Cc2cc(F)cc(F)c2)C(O)CN(CC)NC(=O)CC(C)C)c1. The molecule has 15 N–H and O–H groups in total. The minimum atomic E-state index is -1.31. The van der Waals surface area contributed by atoms with E-state index in [2.05, 4.69) is 32.2 Å². The summed E-state index contributed by atoms with van der Waals surface area (Å²) in [7, 11) is 0. The number of amides is 12. The number of carbonyl (C=O) groups excluding carboxylic acids is 12. The number of likely N-dealkylation sites (N-methyl/N-ethyl adjacent to an activating group) is 1. The van der Waals surface area contributed by atoms with E-state index in [0.29, 0.717) is 116 Å². The van der Waals surface area contributed by atoms with Gasteiger partial charge in [0.2, 0.25) is 35.4 Å². The highest BCUT2D eigenvalue weighted by molar-refractivity contribution is 6.07. The molecule has 0 aliphatic rings. The molecule has 6 aromatic carbocycles. The van der Waals surface area contributed by atoms with E-state index in [1.807, 2.05) is 96.9 Å². The van der Waals surface area contributed by atoms with Crippen molar-refractivity contribution < 1.29 is 99.2 Å². The molecule has 6 unspecified atom stereocenters. The summed E-state index contributed by atoms with van der Waals surface area (Å²) < 4.78 is 84.3. The normalized spacial score (nSPS) is 12.6. The van der Waals surface area contributed by atoms with Gasteiger partial charge in [0, 0.05) is 166 Å². The first-order valence-electron chi connectivity index (χ1n) is 46.5. The molecule has 0 aromatic heterocycles. The largest absolute Gasteiger partial charge is 0.390 e. The average Bonchev–Trinajstić information content (AvgIpc) is 0.818. The van der Waals surface area contributed by atoms with Crippen LogP contribution in [-0.2, 0) is 33.6 Å². The maximum Gasteiger partial charge on any atom is 0.253 e. The van der Waals surface area contributed by atoms with Crippen molar-refractivity contribution in [1.29, 1.82) is 0 Å². The lowest BCUT2D eigenvalue weighted by atomic mass is 9.99. The number of hydrazine groups is 3. The molecule has 30 nitrogen and oxygen atoms in total. The van der Waals surface area contributed by atoms with Crippen LogP contribution in [0.1, 0.15) is 291 Å². The highest BCUT2D eigenvalue weighted by atomic mass is 19.2. The van der Waals surface area contributed by atoms with E-state index in [9.17, 15) is 99.2 Å². The minimum Gasteiger partial charge on any atom is -0.390 e. The fourth-order valence-corrected chi connectivity index (χ4v) is 14.8. The van der Waals surface area contributed by atoms with Gasteiger partial charge in [-0.25, -0.2) is 41.4 Å². The summed E-state index contributed by atoms with van der Waals surface area (Å²) in [6, 6.07) is 17.3. The number of halogens is 6. The van der Waals surface area contributed by atoms with Crippen LogP contribution < -0.4 is 49.4 Å². The number of unbranched alkanes of at least 4 members (excludes halogenated alkanes) is 1. The first-order chi connectivity index (χ1) is 63.8. The lowest BCUT2D eigenvalue weighted by molar-refractivity contribution is -0.128. The van der Waals surface area contributed by atoms with Crippen LogP contribution in [0.4, 0.5) is 26.3 Å². The molecule has 6 rings (SSSR count). The summed E-state index contributed by atoms with van der Waals surface area (Å²) in [5, 5.41) is 46.8. The maximum absolute atomic E-state index is 14.1. The van der Waals surface area contributed by atoms with Gasteiger partial charge in [0.25, 0.3) is 35.4 Å². The lowest BCUT2D eigenvalue weighted by Crippen LogP contribution is -2.53. The van der Waals surface area contributed by atoms with Crippen molar-refractivity contribution in [1.82, 2.24) is 62.0 Å². The number of aliphatic hydroxyl groups is 3. The van der Waals surface area contributed by atoms with Crippen LogP contribution in [0.3, 0.4) is 0 Å². The average molecular weight is 1900 g/mol. The number of nitrogens with two attached hydrogens (primary N) is 3. The number of carbonyl (C=O) groups is 12. The maximum atomic E-state index is 14.1. The van der Waals surface area contributed by atoms with E-state index >= 15 is 0 Å². The van der Waals surface area contributed by atoms with Gasteiger partial charge in [-0.3, -0.25) is 73.8 Å². The second-order valence-corrected chi connectivity index (χ2v) is 34.9. The zero-order valence-corrected chi connectivity index (χ0v) is 80.6. The van der Waals surface area contributed by atoms with Crippen molar-refractivity contribution in [3.63, 3.8) is 0 Å². The quantitative estimate of drug-likeness (QED) is 0.0125. The van der Waals surface area contributed by atoms with Crippen molar-refractivity contribution in [3.8, 4) is 0 Å². The molecule has 6 aromatic rings. The van der Waals surface area contributed by atoms with Crippen LogP contribution in [0, 0.1) is 52.7 Å². The molecule has 0 aliphatic carbocycles. The third-order valence-corrected chi connectivity index (χ3v) is 21.0. The Hall–Kier alpha value is -11.7. The lowest BCUT2D eigenvalue weighted by Gasteiger charge is -2.31. The summed E-state index contributed by atoms with van der Waals surface area (Å²) >= 11 is 0. The van der Waals surface area contributed by atoms with E-state index in [-0.39, 0.29) is 178 Å². The Morgan fingerprint density at radius 2 is 0.519 bits per heavy atom. The van der Waals surface area contributed by atoms with Gasteiger partial charge in [0.1, 0.15) is 34.9 Å². The number of primary amides is 3. The Balaban J connectivity index is 0.000000423. The highest BCUT2D eigenvalue weighted by Gasteiger charge is 2.33. The van der Waals surface area contributed by atoms with Gasteiger partial charge < -0.3 is 63.2 Å². The summed E-state index contributed by atoms with van der Waals surface area (Å²) in [5.41, 5.74) is 25.4. The number of hydrogen-bond donors (Lipinski definition) is 12. The first-order valence-corrected chi connectivity index (χ1v) is 46.5. The monoisotopic (exact) mass is 1890 g/mol. The van der Waals surface area contributed by atoms with Crippen LogP contribution in [0.2, 0.25) is 0 Å². The Morgan fingerprint density at radius 3 is 0.741 bits per heavy atom. The van der Waals surface area contributed by atoms with E-state index in [1.54, 1.807) is 31.6 Å². The van der Waals surface area contributed by atoms with Crippen LogP contribution in [0.5, 0.6) is 0 Å². The summed E-state index contributed by atoms with van der Waals surface area (Å²) in [6.07, 6.45) is 2.82.